The molecule has 0 aliphatic heterocycles. The molecule has 2 aromatic rings. The molecule has 2 rings (SSSR count). The van der Waals surface area contributed by atoms with Gasteiger partial charge in [0.15, 0.2) is 0 Å². The van der Waals surface area contributed by atoms with Crippen molar-refractivity contribution in [2.45, 2.75) is 26.8 Å². The molecule has 96 valence electrons. The quantitative estimate of drug-likeness (QED) is 0.903. The van der Waals surface area contributed by atoms with E-state index in [2.05, 4.69) is 4.57 Å². The van der Waals surface area contributed by atoms with Crippen molar-refractivity contribution in [1.82, 2.24) is 4.57 Å². The van der Waals surface area contributed by atoms with Crippen molar-refractivity contribution in [1.29, 1.82) is 0 Å². The van der Waals surface area contributed by atoms with Gasteiger partial charge in [-0.3, -0.25) is 4.79 Å². The fourth-order valence-electron chi connectivity index (χ4n) is 2.25. The molecule has 4 nitrogen and oxygen atoms in total. The molecule has 0 aliphatic rings. The maximum Gasteiger partial charge on any atom is 0.305 e. The molecule has 0 amide bonds. The van der Waals surface area contributed by atoms with Gasteiger partial charge in [0.25, 0.3) is 0 Å². The van der Waals surface area contributed by atoms with Gasteiger partial charge < -0.3 is 14.4 Å². The Balaban J connectivity index is 2.52. The van der Waals surface area contributed by atoms with Gasteiger partial charge in [-0.2, -0.15) is 0 Å². The Hall–Kier alpha value is -1.97. The lowest BCUT2D eigenvalue weighted by Gasteiger charge is -2.06. The van der Waals surface area contributed by atoms with Crippen LogP contribution in [0.25, 0.3) is 10.9 Å². The number of ether oxygens (including phenoxy) is 1. The highest BCUT2D eigenvalue weighted by Gasteiger charge is 2.12. The SMILES string of the molecule is COc1ccc2c(c1)c(C)c(C)n2CCC(=O)O. The van der Waals surface area contributed by atoms with Crippen LogP contribution >= 0.6 is 0 Å². The average molecular weight is 247 g/mol. The maximum absolute atomic E-state index is 10.7. The predicted molar refractivity (Wildman–Crippen MR) is 70.2 cm³/mol. The van der Waals surface area contributed by atoms with Gasteiger partial charge in [0, 0.05) is 23.1 Å². The number of rotatable bonds is 4. The van der Waals surface area contributed by atoms with E-state index in [1.165, 1.54) is 5.56 Å². The minimum absolute atomic E-state index is 0.135. The third-order valence-corrected chi connectivity index (χ3v) is 3.40. The van der Waals surface area contributed by atoms with Crippen LogP contribution in [0.2, 0.25) is 0 Å². The summed E-state index contributed by atoms with van der Waals surface area (Å²) in [6, 6.07) is 5.88. The number of aromatic nitrogens is 1. The molecule has 0 spiro atoms. The number of hydrogen-bond acceptors (Lipinski definition) is 2. The van der Waals surface area contributed by atoms with Crippen molar-refractivity contribution < 1.29 is 14.6 Å². The maximum atomic E-state index is 10.7. The van der Waals surface area contributed by atoms with Crippen LogP contribution < -0.4 is 4.74 Å². The first-order valence-corrected chi connectivity index (χ1v) is 5.90. The Labute approximate surface area is 106 Å². The van der Waals surface area contributed by atoms with Crippen LogP contribution in [0.1, 0.15) is 17.7 Å². The Morgan fingerprint density at radius 3 is 2.72 bits per heavy atom. The van der Waals surface area contributed by atoms with Gasteiger partial charge >= 0.3 is 5.97 Å². The van der Waals surface area contributed by atoms with Gasteiger partial charge in [-0.05, 0) is 37.6 Å². The number of aliphatic carboxylic acids is 1. The molecule has 0 aliphatic carbocycles. The van der Waals surface area contributed by atoms with Crippen molar-refractivity contribution in [2.24, 2.45) is 0 Å². The van der Waals surface area contributed by atoms with E-state index in [0.29, 0.717) is 6.54 Å². The van der Waals surface area contributed by atoms with Gasteiger partial charge in [0.2, 0.25) is 0 Å². The van der Waals surface area contributed by atoms with Crippen LogP contribution in [-0.2, 0) is 11.3 Å². The summed E-state index contributed by atoms with van der Waals surface area (Å²) in [4.78, 5) is 10.7. The first-order valence-electron chi connectivity index (χ1n) is 5.90. The zero-order valence-electron chi connectivity index (χ0n) is 10.9. The van der Waals surface area contributed by atoms with E-state index in [1.54, 1.807) is 7.11 Å². The number of hydrogen-bond donors (Lipinski definition) is 1. The van der Waals surface area contributed by atoms with Crippen molar-refractivity contribution >= 4 is 16.9 Å². The molecule has 1 aromatic carbocycles. The van der Waals surface area contributed by atoms with Gasteiger partial charge in [-0.15, -0.1) is 0 Å². The van der Waals surface area contributed by atoms with Gasteiger partial charge in [0.05, 0.1) is 13.5 Å². The number of benzene rings is 1. The standard InChI is InChI=1S/C14H17NO3/c1-9-10(2)15(7-6-14(16)17)13-5-4-11(18-3)8-12(9)13/h4-5,8H,6-7H2,1-3H3,(H,16,17). The number of aryl methyl sites for hydroxylation is 2. The lowest BCUT2D eigenvalue weighted by molar-refractivity contribution is -0.137. The molecule has 4 heteroatoms. The smallest absolute Gasteiger partial charge is 0.305 e. The Morgan fingerprint density at radius 2 is 2.11 bits per heavy atom. The van der Waals surface area contributed by atoms with Crippen LogP contribution in [0.15, 0.2) is 18.2 Å². The molecular weight excluding hydrogens is 230 g/mol. The molecular formula is C14H17NO3. The summed E-state index contributed by atoms with van der Waals surface area (Å²) in [5.74, 6) is 0.0448. The summed E-state index contributed by atoms with van der Waals surface area (Å²) >= 11 is 0. The molecule has 0 fully saturated rings. The Bertz CT molecular complexity index is 599. The molecule has 0 atom stereocenters. The topological polar surface area (TPSA) is 51.5 Å². The minimum atomic E-state index is -0.776. The number of carboxylic acid groups (broad SMARTS) is 1. The summed E-state index contributed by atoms with van der Waals surface area (Å²) in [6.07, 6.45) is 0.135. The van der Waals surface area contributed by atoms with Crippen LogP contribution in [0.4, 0.5) is 0 Å². The number of fused-ring (bicyclic) bond motifs is 1. The Kier molecular flexibility index (Phi) is 3.28. The van der Waals surface area contributed by atoms with Crippen molar-refractivity contribution in [3.8, 4) is 5.75 Å². The molecule has 1 N–H and O–H groups in total. The van der Waals surface area contributed by atoms with E-state index < -0.39 is 5.97 Å². The van der Waals surface area contributed by atoms with E-state index in [0.717, 1.165) is 22.3 Å². The first kappa shape index (κ1) is 12.5. The summed E-state index contributed by atoms with van der Waals surface area (Å²) in [7, 11) is 1.64. The third kappa shape index (κ3) is 2.06. The van der Waals surface area contributed by atoms with Crippen LogP contribution in [0, 0.1) is 13.8 Å². The van der Waals surface area contributed by atoms with Crippen molar-refractivity contribution in [2.75, 3.05) is 7.11 Å². The second-order valence-corrected chi connectivity index (χ2v) is 4.39. The summed E-state index contributed by atoms with van der Waals surface area (Å²) in [6.45, 7) is 4.57. The van der Waals surface area contributed by atoms with Gasteiger partial charge in [-0.1, -0.05) is 0 Å². The number of carboxylic acids is 1. The molecule has 0 saturated heterocycles. The van der Waals surface area contributed by atoms with Crippen LogP contribution in [-0.4, -0.2) is 22.8 Å². The first-order chi connectivity index (χ1) is 8.54. The zero-order chi connectivity index (χ0) is 13.3. The molecule has 18 heavy (non-hydrogen) atoms. The zero-order valence-corrected chi connectivity index (χ0v) is 10.9. The average Bonchev–Trinajstić information content (AvgIpc) is 2.59. The summed E-state index contributed by atoms with van der Waals surface area (Å²) in [5, 5.41) is 9.92. The van der Waals surface area contributed by atoms with E-state index in [4.69, 9.17) is 9.84 Å². The lowest BCUT2D eigenvalue weighted by atomic mass is 10.1. The fraction of sp³-hybridized carbons (Fsp3) is 0.357. The van der Waals surface area contributed by atoms with Gasteiger partial charge in [0.1, 0.15) is 5.75 Å². The molecule has 0 saturated carbocycles. The lowest BCUT2D eigenvalue weighted by Crippen LogP contribution is -2.05. The number of carbonyl (C=O) groups is 1. The van der Waals surface area contributed by atoms with Crippen LogP contribution in [0.5, 0.6) is 5.75 Å². The van der Waals surface area contributed by atoms with E-state index in [-0.39, 0.29) is 6.42 Å². The minimum Gasteiger partial charge on any atom is -0.497 e. The van der Waals surface area contributed by atoms with Crippen molar-refractivity contribution in [3.63, 3.8) is 0 Å². The van der Waals surface area contributed by atoms with E-state index >= 15 is 0 Å². The molecule has 0 radical (unpaired) electrons. The highest BCUT2D eigenvalue weighted by atomic mass is 16.5. The largest absolute Gasteiger partial charge is 0.497 e. The van der Waals surface area contributed by atoms with Gasteiger partial charge in [-0.25, -0.2) is 0 Å². The van der Waals surface area contributed by atoms with Crippen molar-refractivity contribution in [3.05, 3.63) is 29.5 Å². The Morgan fingerprint density at radius 1 is 1.39 bits per heavy atom. The normalized spacial score (nSPS) is 10.8. The summed E-state index contributed by atoms with van der Waals surface area (Å²) in [5.41, 5.74) is 3.35. The van der Waals surface area contributed by atoms with Crippen LogP contribution in [0.3, 0.4) is 0 Å². The summed E-state index contributed by atoms with van der Waals surface area (Å²) < 4.78 is 7.28. The third-order valence-electron chi connectivity index (χ3n) is 3.40. The highest BCUT2D eigenvalue weighted by Crippen LogP contribution is 2.28. The second-order valence-electron chi connectivity index (χ2n) is 4.39. The predicted octanol–water partition coefficient (Wildman–Crippen LogP) is 2.74. The monoisotopic (exact) mass is 247 g/mol. The van der Waals surface area contributed by atoms with E-state index in [1.807, 2.05) is 32.0 Å². The molecule has 1 aromatic heterocycles. The molecule has 0 unspecified atom stereocenters. The van der Waals surface area contributed by atoms with E-state index in [9.17, 15) is 4.79 Å². The molecule has 0 bridgehead atoms. The molecule has 1 heterocycles. The number of methoxy groups -OCH3 is 1. The second kappa shape index (κ2) is 4.72. The number of nitrogens with zero attached hydrogens (tertiary/aromatic N) is 1. The highest BCUT2D eigenvalue weighted by molar-refractivity contribution is 5.86. The fourth-order valence-corrected chi connectivity index (χ4v) is 2.25.